The van der Waals surface area contributed by atoms with Crippen molar-refractivity contribution in [3.63, 3.8) is 0 Å². The van der Waals surface area contributed by atoms with Crippen LogP contribution >= 0.6 is 11.6 Å². The van der Waals surface area contributed by atoms with E-state index in [1.165, 1.54) is 0 Å². The Morgan fingerprint density at radius 2 is 2.00 bits per heavy atom. The van der Waals surface area contributed by atoms with Crippen LogP contribution in [-0.4, -0.2) is 60.6 Å². The number of hydrogen-bond acceptors (Lipinski definition) is 7. The number of carbonyl (C=O) groups is 3. The first kappa shape index (κ1) is 24.2. The van der Waals surface area contributed by atoms with Gasteiger partial charge in [0.25, 0.3) is 5.91 Å². The molecule has 0 aliphatic carbocycles. The number of benzene rings is 1. The second kappa shape index (κ2) is 9.99. The van der Waals surface area contributed by atoms with E-state index in [0.717, 1.165) is 5.01 Å². The van der Waals surface area contributed by atoms with Crippen molar-refractivity contribution in [2.75, 3.05) is 11.5 Å². The molecule has 2 heterocycles. The molecule has 0 spiro atoms. The highest BCUT2D eigenvalue weighted by Crippen LogP contribution is 2.27. The quantitative estimate of drug-likeness (QED) is 0.592. The van der Waals surface area contributed by atoms with Crippen LogP contribution < -0.4 is 5.32 Å². The van der Waals surface area contributed by atoms with Crippen molar-refractivity contribution in [1.82, 2.24) is 10.3 Å². The minimum absolute atomic E-state index is 0.00889. The second-order valence-corrected chi connectivity index (χ2v) is 10.8. The Kier molecular flexibility index (Phi) is 7.55. The molecule has 2 aliphatic rings. The van der Waals surface area contributed by atoms with Crippen LogP contribution in [0.4, 0.5) is 0 Å². The van der Waals surface area contributed by atoms with Crippen molar-refractivity contribution in [2.24, 2.45) is 5.10 Å². The van der Waals surface area contributed by atoms with Gasteiger partial charge in [-0.1, -0.05) is 29.8 Å². The maximum atomic E-state index is 13.0. The van der Waals surface area contributed by atoms with Crippen LogP contribution in [0.1, 0.15) is 51.1 Å². The summed E-state index contributed by atoms with van der Waals surface area (Å²) in [4.78, 5) is 37.6. The summed E-state index contributed by atoms with van der Waals surface area (Å²) in [5, 5.41) is 8.47. The van der Waals surface area contributed by atoms with Gasteiger partial charge < -0.3 is 10.1 Å². The molecular formula is C21H26ClN3O6S. The van der Waals surface area contributed by atoms with Gasteiger partial charge in [0.15, 0.2) is 9.84 Å². The van der Waals surface area contributed by atoms with Crippen molar-refractivity contribution in [3.05, 3.63) is 34.9 Å². The number of esters is 1. The van der Waals surface area contributed by atoms with Crippen molar-refractivity contribution in [3.8, 4) is 0 Å². The van der Waals surface area contributed by atoms with E-state index in [2.05, 4.69) is 10.4 Å². The van der Waals surface area contributed by atoms with Crippen molar-refractivity contribution in [1.29, 1.82) is 0 Å². The maximum Gasteiger partial charge on any atom is 0.308 e. The number of carbonyl (C=O) groups excluding carboxylic acids is 3. The average molecular weight is 484 g/mol. The summed E-state index contributed by atoms with van der Waals surface area (Å²) in [5.41, 5.74) is 0.651. The number of rotatable bonds is 7. The van der Waals surface area contributed by atoms with Gasteiger partial charge in [-0.2, -0.15) is 5.10 Å². The van der Waals surface area contributed by atoms with E-state index < -0.39 is 33.8 Å². The molecule has 11 heteroatoms. The van der Waals surface area contributed by atoms with E-state index >= 15 is 0 Å². The number of ether oxygens (including phenoxy) is 1. The summed E-state index contributed by atoms with van der Waals surface area (Å²) in [7, 11) is -3.22. The lowest BCUT2D eigenvalue weighted by molar-refractivity contribution is -0.148. The van der Waals surface area contributed by atoms with Gasteiger partial charge in [0.2, 0.25) is 5.91 Å². The molecule has 0 radical (unpaired) electrons. The van der Waals surface area contributed by atoms with E-state index in [4.69, 9.17) is 16.3 Å². The normalized spacial score (nSPS) is 21.2. The molecule has 174 valence electrons. The van der Waals surface area contributed by atoms with E-state index in [1.54, 1.807) is 38.1 Å². The molecule has 2 aliphatic heterocycles. The number of sulfone groups is 1. The molecule has 9 nitrogen and oxygen atoms in total. The lowest BCUT2D eigenvalue weighted by atomic mass is 10.0. The van der Waals surface area contributed by atoms with Crippen molar-refractivity contribution < 1.29 is 27.5 Å². The Hall–Kier alpha value is -2.46. The first-order chi connectivity index (χ1) is 15.1. The molecule has 0 bridgehead atoms. The third-order valence-electron chi connectivity index (χ3n) is 5.20. The second-order valence-electron chi connectivity index (χ2n) is 8.13. The van der Waals surface area contributed by atoms with Gasteiger partial charge in [-0.15, -0.1) is 0 Å². The Morgan fingerprint density at radius 3 is 2.62 bits per heavy atom. The summed E-state index contributed by atoms with van der Waals surface area (Å²) in [6.45, 7) is 3.46. The molecule has 0 aromatic heterocycles. The molecule has 2 amide bonds. The maximum absolute atomic E-state index is 13.0. The smallest absolute Gasteiger partial charge is 0.308 e. The standard InChI is InChI=1S/C21H26ClN3O6S/c1-13(2)31-20(27)11-18(15-5-3-4-6-16(15)22)23-21(28)17-7-8-19(26)25(24-17)14-9-10-32(29,30)12-14/h3-6,13-14,18H,7-12H2,1-2H3,(H,23,28)/t14-,18+/m1/s1. The Balaban J connectivity index is 1.80. The summed E-state index contributed by atoms with van der Waals surface area (Å²) in [5.74, 6) is -1.54. The Morgan fingerprint density at radius 1 is 1.28 bits per heavy atom. The lowest BCUT2D eigenvalue weighted by Gasteiger charge is -2.28. The Bertz CT molecular complexity index is 1040. The third-order valence-corrected chi connectivity index (χ3v) is 7.29. The van der Waals surface area contributed by atoms with Gasteiger partial charge in [0.1, 0.15) is 5.71 Å². The van der Waals surface area contributed by atoms with Gasteiger partial charge in [-0.3, -0.25) is 14.4 Å². The summed E-state index contributed by atoms with van der Waals surface area (Å²) < 4.78 is 28.8. The minimum atomic E-state index is -3.22. The fourth-order valence-electron chi connectivity index (χ4n) is 3.70. The molecule has 1 aromatic carbocycles. The molecule has 0 saturated carbocycles. The van der Waals surface area contributed by atoms with Gasteiger partial charge in [0.05, 0.1) is 36.1 Å². The fourth-order valence-corrected chi connectivity index (χ4v) is 5.66. The number of halogens is 1. The van der Waals surface area contributed by atoms with E-state index in [0.29, 0.717) is 10.6 Å². The van der Waals surface area contributed by atoms with Crippen LogP contribution in [0, 0.1) is 0 Å². The van der Waals surface area contributed by atoms with Crippen molar-refractivity contribution in [2.45, 2.75) is 57.7 Å². The van der Waals surface area contributed by atoms with Crippen LogP contribution in [0.2, 0.25) is 5.02 Å². The SMILES string of the molecule is CC(C)OC(=O)C[C@H](NC(=O)C1=NN([C@@H]2CCS(=O)(=O)C2)C(=O)CC1)c1ccccc1Cl. The van der Waals surface area contributed by atoms with E-state index in [-0.39, 0.29) is 54.9 Å². The minimum Gasteiger partial charge on any atom is -0.463 e. The summed E-state index contributed by atoms with van der Waals surface area (Å²) in [6, 6.07) is 5.51. The fraction of sp³-hybridized carbons (Fsp3) is 0.524. The van der Waals surface area contributed by atoms with Crippen molar-refractivity contribution >= 4 is 44.9 Å². The molecule has 0 unspecified atom stereocenters. The molecular weight excluding hydrogens is 458 g/mol. The Labute approximate surface area is 192 Å². The zero-order valence-corrected chi connectivity index (χ0v) is 19.5. The number of hydrazone groups is 1. The highest BCUT2D eigenvalue weighted by Gasteiger charge is 2.37. The van der Waals surface area contributed by atoms with Gasteiger partial charge in [0, 0.05) is 17.9 Å². The highest BCUT2D eigenvalue weighted by atomic mass is 35.5. The molecule has 1 saturated heterocycles. The van der Waals surface area contributed by atoms with Crippen LogP contribution in [0.15, 0.2) is 29.4 Å². The average Bonchev–Trinajstić information content (AvgIpc) is 3.07. The van der Waals surface area contributed by atoms with Gasteiger partial charge >= 0.3 is 5.97 Å². The molecule has 1 aromatic rings. The summed E-state index contributed by atoms with van der Waals surface area (Å²) in [6.07, 6.45) is 0.0108. The van der Waals surface area contributed by atoms with Crippen LogP contribution in [-0.2, 0) is 29.0 Å². The number of nitrogens with one attached hydrogen (secondary N) is 1. The highest BCUT2D eigenvalue weighted by molar-refractivity contribution is 7.91. The number of nitrogens with zero attached hydrogens (tertiary/aromatic N) is 2. The van der Waals surface area contributed by atoms with Gasteiger partial charge in [-0.05, 0) is 31.9 Å². The van der Waals surface area contributed by atoms with Crippen LogP contribution in [0.5, 0.6) is 0 Å². The zero-order chi connectivity index (χ0) is 23.5. The zero-order valence-electron chi connectivity index (χ0n) is 17.9. The molecule has 3 rings (SSSR count). The predicted molar refractivity (Wildman–Crippen MR) is 119 cm³/mol. The number of hydrogen-bond donors (Lipinski definition) is 1. The van der Waals surface area contributed by atoms with Crippen LogP contribution in [0.25, 0.3) is 0 Å². The van der Waals surface area contributed by atoms with E-state index in [9.17, 15) is 22.8 Å². The molecule has 2 atom stereocenters. The lowest BCUT2D eigenvalue weighted by Crippen LogP contribution is -2.44. The summed E-state index contributed by atoms with van der Waals surface area (Å²) >= 11 is 6.29. The largest absolute Gasteiger partial charge is 0.463 e. The monoisotopic (exact) mass is 483 g/mol. The number of amides is 2. The predicted octanol–water partition coefficient (Wildman–Crippen LogP) is 2.00. The van der Waals surface area contributed by atoms with Gasteiger partial charge in [-0.25, -0.2) is 13.4 Å². The molecule has 32 heavy (non-hydrogen) atoms. The molecule has 1 fully saturated rings. The third kappa shape index (κ3) is 6.07. The molecule has 1 N–H and O–H groups in total. The topological polar surface area (TPSA) is 122 Å². The first-order valence-corrected chi connectivity index (χ1v) is 12.6. The first-order valence-electron chi connectivity index (χ1n) is 10.4. The van der Waals surface area contributed by atoms with E-state index in [1.807, 2.05) is 0 Å². The van der Waals surface area contributed by atoms with Crippen LogP contribution in [0.3, 0.4) is 0 Å².